The van der Waals surface area contributed by atoms with Crippen molar-refractivity contribution in [3.05, 3.63) is 34.9 Å². The van der Waals surface area contributed by atoms with Crippen LogP contribution in [0.5, 0.6) is 0 Å². The van der Waals surface area contributed by atoms with Gasteiger partial charge in [0.25, 0.3) is 0 Å². The largest absolute Gasteiger partial charge is 0.293 e. The maximum absolute atomic E-state index is 11.6. The molecule has 0 bridgehead atoms. The van der Waals surface area contributed by atoms with Gasteiger partial charge in [0.2, 0.25) is 0 Å². The Kier molecular flexibility index (Phi) is 4.50. The summed E-state index contributed by atoms with van der Waals surface area (Å²) >= 11 is 5.72. The molecule has 0 aliphatic rings. The Bertz CT molecular complexity index is 480. The minimum Gasteiger partial charge on any atom is -0.293 e. The van der Waals surface area contributed by atoms with Crippen LogP contribution in [0.3, 0.4) is 0 Å². The van der Waals surface area contributed by atoms with E-state index in [-0.39, 0.29) is 5.75 Å². The Morgan fingerprint density at radius 2 is 2.06 bits per heavy atom. The zero-order valence-electron chi connectivity index (χ0n) is 8.94. The highest BCUT2D eigenvalue weighted by Gasteiger charge is 2.17. The van der Waals surface area contributed by atoms with E-state index in [9.17, 15) is 13.2 Å². The molecule has 0 N–H and O–H groups in total. The second-order valence-corrected chi connectivity index (χ2v) is 6.15. The fraction of sp³-hybridized carbons (Fsp3) is 0.364. The summed E-state index contributed by atoms with van der Waals surface area (Å²) in [5, 5.41) is 0.429. The highest BCUT2D eigenvalue weighted by Crippen LogP contribution is 2.12. The van der Waals surface area contributed by atoms with Gasteiger partial charge in [-0.15, -0.1) is 0 Å². The average molecular weight is 261 g/mol. The molecule has 3 nitrogen and oxygen atoms in total. The summed E-state index contributed by atoms with van der Waals surface area (Å²) in [6, 6.07) is 6.31. The summed E-state index contributed by atoms with van der Waals surface area (Å²) in [5.41, 5.74) is 0.340. The van der Waals surface area contributed by atoms with Gasteiger partial charge < -0.3 is 0 Å². The molecule has 0 aromatic heterocycles. The maximum Gasteiger partial charge on any atom is 0.177 e. The lowest BCUT2D eigenvalue weighted by Crippen LogP contribution is -2.18. The van der Waals surface area contributed by atoms with Gasteiger partial charge in [0, 0.05) is 10.6 Å². The van der Waals surface area contributed by atoms with Crippen molar-refractivity contribution < 1.29 is 13.2 Å². The first-order valence-electron chi connectivity index (χ1n) is 4.94. The van der Waals surface area contributed by atoms with Crippen LogP contribution in [0.4, 0.5) is 0 Å². The van der Waals surface area contributed by atoms with Gasteiger partial charge in [0.15, 0.2) is 15.6 Å². The number of hydrogen-bond acceptors (Lipinski definition) is 3. The van der Waals surface area contributed by atoms with Crippen molar-refractivity contribution in [2.45, 2.75) is 13.3 Å². The van der Waals surface area contributed by atoms with Gasteiger partial charge >= 0.3 is 0 Å². The molecule has 0 saturated heterocycles. The molecule has 0 fully saturated rings. The molecule has 0 radical (unpaired) electrons. The quantitative estimate of drug-likeness (QED) is 0.764. The van der Waals surface area contributed by atoms with Gasteiger partial charge in [0.05, 0.1) is 5.75 Å². The van der Waals surface area contributed by atoms with Crippen LogP contribution in [0.15, 0.2) is 24.3 Å². The summed E-state index contributed by atoms with van der Waals surface area (Å²) in [7, 11) is -3.28. The zero-order chi connectivity index (χ0) is 12.2. The number of ketones is 1. The minimum absolute atomic E-state index is 0.0410. The van der Waals surface area contributed by atoms with Crippen LogP contribution in [0.2, 0.25) is 5.02 Å². The van der Waals surface area contributed by atoms with Gasteiger partial charge in [-0.1, -0.05) is 30.7 Å². The van der Waals surface area contributed by atoms with Crippen LogP contribution < -0.4 is 0 Å². The van der Waals surface area contributed by atoms with E-state index < -0.39 is 21.4 Å². The molecule has 1 rings (SSSR count). The third-order valence-corrected chi connectivity index (χ3v) is 3.98. The smallest absolute Gasteiger partial charge is 0.177 e. The Morgan fingerprint density at radius 1 is 1.38 bits per heavy atom. The third kappa shape index (κ3) is 3.94. The highest BCUT2D eigenvalue weighted by atomic mass is 35.5. The molecular formula is C11H13ClO3S. The Hall–Kier alpha value is -0.870. The first-order chi connectivity index (χ1) is 7.44. The monoisotopic (exact) mass is 260 g/mol. The second kappa shape index (κ2) is 5.46. The van der Waals surface area contributed by atoms with Crippen LogP contribution >= 0.6 is 11.6 Å². The topological polar surface area (TPSA) is 51.2 Å². The van der Waals surface area contributed by atoms with Gasteiger partial charge in [0.1, 0.15) is 5.75 Å². The van der Waals surface area contributed by atoms with Gasteiger partial charge in [-0.05, 0) is 18.6 Å². The van der Waals surface area contributed by atoms with E-state index in [0.29, 0.717) is 17.0 Å². The molecule has 1 aromatic carbocycles. The van der Waals surface area contributed by atoms with Crippen LogP contribution in [-0.4, -0.2) is 25.7 Å². The first-order valence-corrected chi connectivity index (χ1v) is 7.14. The van der Waals surface area contributed by atoms with Crippen molar-refractivity contribution in [3.63, 3.8) is 0 Å². The highest BCUT2D eigenvalue weighted by molar-refractivity contribution is 7.92. The Labute approximate surface area is 100 Å². The molecule has 88 valence electrons. The van der Waals surface area contributed by atoms with Gasteiger partial charge in [-0.25, -0.2) is 8.42 Å². The SMILES string of the molecule is CCCS(=O)(=O)CC(=O)c1cccc(Cl)c1. The van der Waals surface area contributed by atoms with Crippen molar-refractivity contribution in [1.29, 1.82) is 0 Å². The number of benzene rings is 1. The number of carbonyl (C=O) groups excluding carboxylic acids is 1. The van der Waals surface area contributed by atoms with E-state index in [2.05, 4.69) is 0 Å². The standard InChI is InChI=1S/C11H13ClO3S/c1-2-6-16(14,15)8-11(13)9-4-3-5-10(12)7-9/h3-5,7H,2,6,8H2,1H3. The number of carbonyl (C=O) groups is 1. The summed E-state index contributed by atoms with van der Waals surface area (Å²) in [6.45, 7) is 1.77. The molecule has 0 saturated carbocycles. The fourth-order valence-corrected chi connectivity index (χ4v) is 2.85. The fourth-order valence-electron chi connectivity index (χ4n) is 1.33. The summed E-state index contributed by atoms with van der Waals surface area (Å²) in [5.74, 6) is -0.809. The lowest BCUT2D eigenvalue weighted by Gasteiger charge is -2.02. The van der Waals surface area contributed by atoms with E-state index in [4.69, 9.17) is 11.6 Å². The average Bonchev–Trinajstić information content (AvgIpc) is 2.16. The predicted octanol–water partition coefficient (Wildman–Crippen LogP) is 2.35. The Morgan fingerprint density at radius 3 is 2.62 bits per heavy atom. The molecule has 0 amide bonds. The molecule has 0 aliphatic carbocycles. The molecule has 0 heterocycles. The normalized spacial score (nSPS) is 11.4. The van der Waals surface area contributed by atoms with Crippen LogP contribution in [0.1, 0.15) is 23.7 Å². The molecule has 0 aliphatic heterocycles. The van der Waals surface area contributed by atoms with Crippen LogP contribution in [-0.2, 0) is 9.84 Å². The predicted molar refractivity (Wildman–Crippen MR) is 64.7 cm³/mol. The van der Waals surface area contributed by atoms with E-state index in [1.54, 1.807) is 25.1 Å². The molecular weight excluding hydrogens is 248 g/mol. The van der Waals surface area contributed by atoms with Crippen molar-refractivity contribution in [3.8, 4) is 0 Å². The minimum atomic E-state index is -3.28. The number of halogens is 1. The Balaban J connectivity index is 2.81. The number of rotatable bonds is 5. The van der Waals surface area contributed by atoms with Crippen LogP contribution in [0.25, 0.3) is 0 Å². The van der Waals surface area contributed by atoms with E-state index >= 15 is 0 Å². The van der Waals surface area contributed by atoms with Crippen molar-refractivity contribution in [2.75, 3.05) is 11.5 Å². The van der Waals surface area contributed by atoms with Gasteiger partial charge in [-0.2, -0.15) is 0 Å². The second-order valence-electron chi connectivity index (χ2n) is 3.53. The zero-order valence-corrected chi connectivity index (χ0v) is 10.5. The number of hydrogen-bond donors (Lipinski definition) is 0. The van der Waals surface area contributed by atoms with Crippen molar-refractivity contribution in [1.82, 2.24) is 0 Å². The molecule has 16 heavy (non-hydrogen) atoms. The number of sulfone groups is 1. The molecule has 0 atom stereocenters. The van der Waals surface area contributed by atoms with Crippen LogP contribution in [0, 0.1) is 0 Å². The van der Waals surface area contributed by atoms with Crippen molar-refractivity contribution >= 4 is 27.2 Å². The van der Waals surface area contributed by atoms with E-state index in [0.717, 1.165) is 0 Å². The maximum atomic E-state index is 11.6. The summed E-state index contributed by atoms with van der Waals surface area (Å²) in [6.07, 6.45) is 0.519. The third-order valence-electron chi connectivity index (χ3n) is 2.01. The molecule has 5 heteroatoms. The lowest BCUT2D eigenvalue weighted by molar-refractivity contribution is 0.102. The summed E-state index contributed by atoms with van der Waals surface area (Å²) < 4.78 is 22.9. The van der Waals surface area contributed by atoms with Crippen molar-refractivity contribution in [2.24, 2.45) is 0 Å². The number of Topliss-reactive ketones (excluding diaryl/α,β-unsaturated/α-hetero) is 1. The molecule has 0 spiro atoms. The van der Waals surface area contributed by atoms with E-state index in [1.807, 2.05) is 0 Å². The lowest BCUT2D eigenvalue weighted by atomic mass is 10.1. The molecule has 0 unspecified atom stereocenters. The molecule has 1 aromatic rings. The van der Waals surface area contributed by atoms with Gasteiger partial charge in [-0.3, -0.25) is 4.79 Å². The summed E-state index contributed by atoms with van der Waals surface area (Å²) in [4.78, 5) is 11.6. The van der Waals surface area contributed by atoms with E-state index in [1.165, 1.54) is 6.07 Å². The first kappa shape index (κ1) is 13.2.